The number of nitrogens with zero attached hydrogens (tertiary/aromatic N) is 1. The van der Waals surface area contributed by atoms with Crippen molar-refractivity contribution in [1.29, 1.82) is 0 Å². The molecule has 0 saturated carbocycles. The van der Waals surface area contributed by atoms with Crippen molar-refractivity contribution in [3.05, 3.63) is 23.8 Å². The number of carbonyl (C=O) groups is 1. The summed E-state index contributed by atoms with van der Waals surface area (Å²) < 4.78 is 26.1. The first kappa shape index (κ1) is 8.93. The Hall–Kier alpha value is -1.65. The average Bonchev–Trinajstić information content (AvgIpc) is 2.16. The fourth-order valence-electron chi connectivity index (χ4n) is 1.38. The number of nitrogen functional groups attached to an aromatic ring is 1. The average molecular weight is 198 g/mol. The van der Waals surface area contributed by atoms with Gasteiger partial charge in [0.1, 0.15) is 5.69 Å². The Morgan fingerprint density at radius 3 is 2.57 bits per heavy atom. The molecule has 1 amide bonds. The van der Waals surface area contributed by atoms with E-state index in [-0.39, 0.29) is 17.3 Å². The molecule has 2 rings (SSSR count). The largest absolute Gasteiger partial charge is 0.397 e. The van der Waals surface area contributed by atoms with Crippen LogP contribution in [0, 0.1) is 11.6 Å². The van der Waals surface area contributed by atoms with Crippen LogP contribution in [0.4, 0.5) is 20.2 Å². The third-order valence-electron chi connectivity index (χ3n) is 2.22. The maximum Gasteiger partial charge on any atom is 0.228 e. The molecule has 1 aliphatic rings. The van der Waals surface area contributed by atoms with Crippen LogP contribution in [0.3, 0.4) is 0 Å². The van der Waals surface area contributed by atoms with Crippen LogP contribution in [-0.2, 0) is 4.79 Å². The zero-order valence-corrected chi connectivity index (χ0v) is 7.26. The molecule has 0 aliphatic carbocycles. The zero-order chi connectivity index (χ0) is 10.3. The molecule has 5 heteroatoms. The Bertz CT molecular complexity index is 406. The molecule has 0 atom stereocenters. The van der Waals surface area contributed by atoms with E-state index >= 15 is 0 Å². The summed E-state index contributed by atoms with van der Waals surface area (Å²) in [5.41, 5.74) is 5.41. The van der Waals surface area contributed by atoms with E-state index in [0.717, 1.165) is 11.0 Å². The number of β-lactam (4-membered cyclic amide) rings is 1. The smallest absolute Gasteiger partial charge is 0.228 e. The van der Waals surface area contributed by atoms with Crippen LogP contribution in [0.5, 0.6) is 0 Å². The lowest BCUT2D eigenvalue weighted by molar-refractivity contribution is -0.122. The topological polar surface area (TPSA) is 46.3 Å². The van der Waals surface area contributed by atoms with E-state index in [1.165, 1.54) is 6.07 Å². The number of benzene rings is 1. The second kappa shape index (κ2) is 2.94. The lowest BCUT2D eigenvalue weighted by Crippen LogP contribution is -2.44. The van der Waals surface area contributed by atoms with Crippen molar-refractivity contribution in [2.75, 3.05) is 17.2 Å². The van der Waals surface area contributed by atoms with E-state index in [4.69, 9.17) is 5.73 Å². The lowest BCUT2D eigenvalue weighted by atomic mass is 10.1. The molecule has 1 aliphatic heterocycles. The van der Waals surface area contributed by atoms with Crippen molar-refractivity contribution in [2.24, 2.45) is 0 Å². The summed E-state index contributed by atoms with van der Waals surface area (Å²) in [6.45, 7) is 0.392. The fourth-order valence-corrected chi connectivity index (χ4v) is 1.38. The lowest BCUT2D eigenvalue weighted by Gasteiger charge is -2.31. The van der Waals surface area contributed by atoms with Gasteiger partial charge in [-0.25, -0.2) is 8.78 Å². The van der Waals surface area contributed by atoms with Gasteiger partial charge in [0.05, 0.1) is 5.69 Å². The molecule has 3 nitrogen and oxygen atoms in total. The second-order valence-electron chi connectivity index (χ2n) is 3.09. The molecule has 0 radical (unpaired) electrons. The molecule has 14 heavy (non-hydrogen) atoms. The summed E-state index contributed by atoms with van der Waals surface area (Å²) >= 11 is 0. The Morgan fingerprint density at radius 1 is 1.36 bits per heavy atom. The van der Waals surface area contributed by atoms with E-state index in [1.54, 1.807) is 0 Å². The normalized spacial score (nSPS) is 15.6. The van der Waals surface area contributed by atoms with Crippen molar-refractivity contribution < 1.29 is 13.6 Å². The first-order chi connectivity index (χ1) is 6.61. The van der Waals surface area contributed by atoms with Crippen molar-refractivity contribution in [2.45, 2.75) is 6.42 Å². The van der Waals surface area contributed by atoms with Gasteiger partial charge in [0, 0.05) is 13.0 Å². The maximum atomic E-state index is 13.3. The minimum Gasteiger partial charge on any atom is -0.397 e. The highest BCUT2D eigenvalue weighted by molar-refractivity contribution is 6.01. The first-order valence-corrected chi connectivity index (χ1v) is 4.15. The van der Waals surface area contributed by atoms with E-state index in [0.29, 0.717) is 13.0 Å². The van der Waals surface area contributed by atoms with Crippen molar-refractivity contribution in [3.63, 3.8) is 0 Å². The highest BCUT2D eigenvalue weighted by Crippen LogP contribution is 2.32. The number of halogens is 2. The van der Waals surface area contributed by atoms with Gasteiger partial charge in [0.25, 0.3) is 0 Å². The van der Waals surface area contributed by atoms with E-state index in [1.807, 2.05) is 0 Å². The Kier molecular flexibility index (Phi) is 1.87. The summed E-state index contributed by atoms with van der Waals surface area (Å²) in [5.74, 6) is -2.28. The Balaban J connectivity index is 2.50. The first-order valence-electron chi connectivity index (χ1n) is 4.15. The van der Waals surface area contributed by atoms with Crippen LogP contribution in [-0.4, -0.2) is 12.5 Å². The van der Waals surface area contributed by atoms with Gasteiger partial charge in [-0.15, -0.1) is 0 Å². The molecule has 1 saturated heterocycles. The van der Waals surface area contributed by atoms with E-state index in [2.05, 4.69) is 0 Å². The number of hydrogen-bond acceptors (Lipinski definition) is 2. The molecule has 2 N–H and O–H groups in total. The fraction of sp³-hybridized carbons (Fsp3) is 0.222. The Morgan fingerprint density at radius 2 is 2.07 bits per heavy atom. The van der Waals surface area contributed by atoms with Crippen LogP contribution in [0.1, 0.15) is 6.42 Å². The van der Waals surface area contributed by atoms with Gasteiger partial charge in [0.2, 0.25) is 5.91 Å². The highest BCUT2D eigenvalue weighted by Gasteiger charge is 2.30. The minimum atomic E-state index is -1.06. The molecule has 0 spiro atoms. The SMILES string of the molecule is Nc1ccc(F)c(F)c1N1CCC1=O. The van der Waals surface area contributed by atoms with Gasteiger partial charge in [-0.3, -0.25) is 4.79 Å². The molecule has 74 valence electrons. The third-order valence-corrected chi connectivity index (χ3v) is 2.22. The standard InChI is InChI=1S/C9H8F2N2O/c10-5-1-2-6(12)9(8(5)11)13-4-3-7(13)14/h1-2H,3-4,12H2. The summed E-state index contributed by atoms with van der Waals surface area (Å²) in [5, 5.41) is 0. The second-order valence-corrected chi connectivity index (χ2v) is 3.09. The zero-order valence-electron chi connectivity index (χ0n) is 7.26. The molecule has 0 unspecified atom stereocenters. The monoisotopic (exact) mass is 198 g/mol. The summed E-state index contributed by atoms with van der Waals surface area (Å²) in [6.07, 6.45) is 0.357. The molecular weight excluding hydrogens is 190 g/mol. The molecule has 0 aromatic heterocycles. The van der Waals surface area contributed by atoms with E-state index < -0.39 is 11.6 Å². The maximum absolute atomic E-state index is 13.3. The summed E-state index contributed by atoms with van der Waals surface area (Å²) in [6, 6.07) is 2.19. The molecule has 1 aromatic rings. The van der Waals surface area contributed by atoms with Gasteiger partial charge in [0.15, 0.2) is 11.6 Å². The third kappa shape index (κ3) is 1.13. The van der Waals surface area contributed by atoms with Crippen LogP contribution < -0.4 is 10.6 Å². The predicted octanol–water partition coefficient (Wildman–Crippen LogP) is 1.28. The summed E-state index contributed by atoms with van der Waals surface area (Å²) in [4.78, 5) is 12.2. The van der Waals surface area contributed by atoms with Gasteiger partial charge < -0.3 is 10.6 Å². The number of amides is 1. The van der Waals surface area contributed by atoms with Crippen LogP contribution in [0.15, 0.2) is 12.1 Å². The quantitative estimate of drug-likeness (QED) is 0.545. The summed E-state index contributed by atoms with van der Waals surface area (Å²) in [7, 11) is 0. The molecule has 0 bridgehead atoms. The van der Waals surface area contributed by atoms with Crippen LogP contribution in [0.25, 0.3) is 0 Å². The predicted molar refractivity (Wildman–Crippen MR) is 47.7 cm³/mol. The van der Waals surface area contributed by atoms with Gasteiger partial charge in [-0.05, 0) is 12.1 Å². The van der Waals surface area contributed by atoms with Crippen molar-refractivity contribution >= 4 is 17.3 Å². The Labute approximate surface area is 79.1 Å². The number of rotatable bonds is 1. The van der Waals surface area contributed by atoms with Crippen LogP contribution in [0.2, 0.25) is 0 Å². The van der Waals surface area contributed by atoms with Gasteiger partial charge in [-0.1, -0.05) is 0 Å². The van der Waals surface area contributed by atoms with Gasteiger partial charge in [-0.2, -0.15) is 0 Å². The van der Waals surface area contributed by atoms with Crippen molar-refractivity contribution in [3.8, 4) is 0 Å². The molecule has 1 aromatic carbocycles. The highest BCUT2D eigenvalue weighted by atomic mass is 19.2. The molecule has 1 fully saturated rings. The number of hydrogen-bond donors (Lipinski definition) is 1. The number of carbonyl (C=O) groups excluding carboxylic acids is 1. The van der Waals surface area contributed by atoms with Gasteiger partial charge >= 0.3 is 0 Å². The number of anilines is 2. The molecule has 1 heterocycles. The van der Waals surface area contributed by atoms with Crippen LogP contribution >= 0.6 is 0 Å². The molecular formula is C9H8F2N2O. The van der Waals surface area contributed by atoms with Crippen molar-refractivity contribution in [1.82, 2.24) is 0 Å². The van der Waals surface area contributed by atoms with E-state index in [9.17, 15) is 13.6 Å². The number of nitrogens with two attached hydrogens (primary N) is 1. The minimum absolute atomic E-state index is 0.0805.